The zero-order valence-corrected chi connectivity index (χ0v) is 17.5. The smallest absolute Gasteiger partial charge is 0.293 e. The van der Waals surface area contributed by atoms with Crippen LogP contribution in [-0.4, -0.2) is 33.7 Å². The Morgan fingerprint density at radius 2 is 1.90 bits per heavy atom. The molecule has 3 aromatic rings. The highest BCUT2D eigenvalue weighted by atomic mass is 19.1. The Hall–Kier alpha value is -3.57. The number of rotatable bonds is 3. The molecule has 2 N–H and O–H groups in total. The number of benzene rings is 1. The summed E-state index contributed by atoms with van der Waals surface area (Å²) in [7, 11) is 1.68. The predicted octanol–water partition coefficient (Wildman–Crippen LogP) is 2.76. The first kappa shape index (κ1) is 20.7. The van der Waals surface area contributed by atoms with Crippen LogP contribution in [0.25, 0.3) is 22.5 Å². The van der Waals surface area contributed by atoms with Gasteiger partial charge in [-0.1, -0.05) is 6.07 Å². The molecule has 4 rings (SSSR count). The largest absolute Gasteiger partial charge is 0.352 e. The van der Waals surface area contributed by atoms with Crippen molar-refractivity contribution < 1.29 is 4.39 Å². The van der Waals surface area contributed by atoms with Gasteiger partial charge in [-0.05, 0) is 44.0 Å². The maximum absolute atomic E-state index is 14.4. The molecule has 0 amide bonds. The van der Waals surface area contributed by atoms with E-state index in [9.17, 15) is 9.18 Å². The molecule has 1 aliphatic heterocycles. The zero-order chi connectivity index (χ0) is 22.1. The molecule has 2 aromatic heterocycles. The van der Waals surface area contributed by atoms with E-state index in [0.717, 1.165) is 18.5 Å². The summed E-state index contributed by atoms with van der Waals surface area (Å²) < 4.78 is 16.0. The van der Waals surface area contributed by atoms with Crippen LogP contribution in [0, 0.1) is 24.1 Å². The molecule has 0 spiro atoms. The highest BCUT2D eigenvalue weighted by Gasteiger charge is 2.24. The van der Waals surface area contributed by atoms with Crippen LogP contribution in [-0.2, 0) is 7.05 Å². The Bertz CT molecular complexity index is 1220. The summed E-state index contributed by atoms with van der Waals surface area (Å²) in [5, 5.41) is 9.08. The number of aromatic nitrogens is 3. The number of aryl methyl sites for hydroxylation is 1. The van der Waals surface area contributed by atoms with Gasteiger partial charge < -0.3 is 15.2 Å². The topological polar surface area (TPSA) is 101 Å². The molecule has 0 radical (unpaired) electrons. The van der Waals surface area contributed by atoms with Gasteiger partial charge in [0.25, 0.3) is 5.56 Å². The average molecular weight is 418 g/mol. The summed E-state index contributed by atoms with van der Waals surface area (Å²) in [6, 6.07) is 10.0. The van der Waals surface area contributed by atoms with E-state index in [0.29, 0.717) is 41.4 Å². The van der Waals surface area contributed by atoms with Gasteiger partial charge in [0.2, 0.25) is 0 Å². The molecule has 0 atom stereocenters. The van der Waals surface area contributed by atoms with E-state index in [1.807, 2.05) is 30.0 Å². The molecular formula is C23H23FN6O. The third-order valence-electron chi connectivity index (χ3n) is 5.66. The van der Waals surface area contributed by atoms with E-state index < -0.39 is 5.82 Å². The number of nitrogens with zero attached hydrogens (tertiary/aromatic N) is 5. The number of pyridine rings is 1. The summed E-state index contributed by atoms with van der Waals surface area (Å²) in [5.74, 6) is -0.313. The van der Waals surface area contributed by atoms with Crippen LogP contribution in [0.5, 0.6) is 0 Å². The molecule has 0 bridgehead atoms. The number of piperidine rings is 1. The van der Waals surface area contributed by atoms with E-state index in [1.54, 1.807) is 19.3 Å². The molecule has 1 fully saturated rings. The van der Waals surface area contributed by atoms with Crippen LogP contribution in [0.15, 0.2) is 41.3 Å². The van der Waals surface area contributed by atoms with Crippen molar-refractivity contribution in [2.45, 2.75) is 25.8 Å². The minimum absolute atomic E-state index is 0.0441. The Morgan fingerprint density at radius 1 is 1.19 bits per heavy atom. The van der Waals surface area contributed by atoms with Crippen LogP contribution in [0.1, 0.15) is 24.1 Å². The molecule has 0 aliphatic carbocycles. The summed E-state index contributed by atoms with van der Waals surface area (Å²) in [6.45, 7) is 3.15. The first-order valence-corrected chi connectivity index (χ1v) is 10.1. The molecule has 1 aliphatic rings. The van der Waals surface area contributed by atoms with E-state index in [2.05, 4.69) is 4.98 Å². The molecule has 0 unspecified atom stereocenters. The fourth-order valence-corrected chi connectivity index (χ4v) is 3.83. The van der Waals surface area contributed by atoms with E-state index in [-0.39, 0.29) is 17.2 Å². The summed E-state index contributed by atoms with van der Waals surface area (Å²) in [6.07, 6.45) is 3.22. The van der Waals surface area contributed by atoms with Gasteiger partial charge in [0.05, 0.1) is 17.0 Å². The maximum atomic E-state index is 14.4. The monoisotopic (exact) mass is 418 g/mol. The lowest BCUT2D eigenvalue weighted by atomic mass is 10.0. The van der Waals surface area contributed by atoms with Crippen molar-refractivity contribution in [1.82, 2.24) is 14.5 Å². The Labute approximate surface area is 179 Å². The molecule has 158 valence electrons. The Kier molecular flexibility index (Phi) is 5.53. The van der Waals surface area contributed by atoms with Crippen molar-refractivity contribution in [3.05, 3.63) is 64.0 Å². The van der Waals surface area contributed by atoms with Crippen LogP contribution in [0.4, 0.5) is 10.2 Å². The summed E-state index contributed by atoms with van der Waals surface area (Å²) in [5.41, 5.74) is 8.76. The zero-order valence-electron chi connectivity index (χ0n) is 17.5. The normalized spacial score (nSPS) is 14.5. The molecule has 8 heteroatoms. The molecule has 7 nitrogen and oxygen atoms in total. The van der Waals surface area contributed by atoms with Gasteiger partial charge in [-0.25, -0.2) is 9.37 Å². The second kappa shape index (κ2) is 8.28. The first-order chi connectivity index (χ1) is 14.9. The van der Waals surface area contributed by atoms with Gasteiger partial charge in [0.15, 0.2) is 5.82 Å². The van der Waals surface area contributed by atoms with Gasteiger partial charge >= 0.3 is 0 Å². The van der Waals surface area contributed by atoms with Crippen molar-refractivity contribution in [3.63, 3.8) is 0 Å². The molecule has 1 aromatic carbocycles. The maximum Gasteiger partial charge on any atom is 0.293 e. The highest BCUT2D eigenvalue weighted by Crippen LogP contribution is 2.32. The third kappa shape index (κ3) is 3.92. The van der Waals surface area contributed by atoms with Crippen LogP contribution >= 0.6 is 0 Å². The van der Waals surface area contributed by atoms with Gasteiger partial charge in [0.1, 0.15) is 11.9 Å². The van der Waals surface area contributed by atoms with Gasteiger partial charge in [-0.15, -0.1) is 0 Å². The minimum atomic E-state index is -0.630. The molecular weight excluding hydrogens is 395 g/mol. The second-order valence-corrected chi connectivity index (χ2v) is 7.82. The van der Waals surface area contributed by atoms with Crippen LogP contribution < -0.4 is 16.2 Å². The fourth-order valence-electron chi connectivity index (χ4n) is 3.83. The lowest BCUT2D eigenvalue weighted by Crippen LogP contribution is -2.43. The molecule has 31 heavy (non-hydrogen) atoms. The standard InChI is InChI=1S/C23H23FN6O/c1-14-3-4-17(13-27-14)21-20(15-5-6-16(12-25)19(24)11-15)28-22(23(31)29(21)2)30-9-7-18(26)8-10-30/h3-6,11,13,18H,7-10,26H2,1-2H3. The summed E-state index contributed by atoms with van der Waals surface area (Å²) >= 11 is 0. The number of anilines is 1. The SMILES string of the molecule is Cc1ccc(-c2c(-c3ccc(C#N)c(F)c3)nc(N3CCC(N)CC3)c(=O)n2C)cn1. The van der Waals surface area contributed by atoms with Crippen LogP contribution in [0.2, 0.25) is 0 Å². The Morgan fingerprint density at radius 3 is 2.52 bits per heavy atom. The molecule has 3 heterocycles. The van der Waals surface area contributed by atoms with Crippen molar-refractivity contribution >= 4 is 5.82 Å². The van der Waals surface area contributed by atoms with Crippen molar-refractivity contribution in [3.8, 4) is 28.6 Å². The summed E-state index contributed by atoms with van der Waals surface area (Å²) in [4.78, 5) is 24.3. The van der Waals surface area contributed by atoms with E-state index >= 15 is 0 Å². The lowest BCUT2D eigenvalue weighted by molar-refractivity contribution is 0.496. The fraction of sp³-hybridized carbons (Fsp3) is 0.304. The van der Waals surface area contributed by atoms with E-state index in [1.165, 1.54) is 16.7 Å². The van der Waals surface area contributed by atoms with Crippen molar-refractivity contribution in [2.75, 3.05) is 18.0 Å². The average Bonchev–Trinajstić information content (AvgIpc) is 2.77. The van der Waals surface area contributed by atoms with Crippen molar-refractivity contribution in [2.24, 2.45) is 12.8 Å². The predicted molar refractivity (Wildman–Crippen MR) is 117 cm³/mol. The third-order valence-corrected chi connectivity index (χ3v) is 5.66. The van der Waals surface area contributed by atoms with Gasteiger partial charge in [-0.3, -0.25) is 9.78 Å². The second-order valence-electron chi connectivity index (χ2n) is 7.82. The first-order valence-electron chi connectivity index (χ1n) is 10.1. The van der Waals surface area contributed by atoms with Gasteiger partial charge in [-0.2, -0.15) is 5.26 Å². The van der Waals surface area contributed by atoms with E-state index in [4.69, 9.17) is 16.0 Å². The number of hydrogen-bond donors (Lipinski definition) is 1. The number of nitriles is 1. The quantitative estimate of drug-likeness (QED) is 0.702. The molecule has 0 saturated carbocycles. The minimum Gasteiger partial charge on any atom is -0.352 e. The van der Waals surface area contributed by atoms with Crippen LogP contribution in [0.3, 0.4) is 0 Å². The van der Waals surface area contributed by atoms with Gasteiger partial charge in [0, 0.05) is 49.2 Å². The number of halogens is 1. The van der Waals surface area contributed by atoms with Crippen molar-refractivity contribution in [1.29, 1.82) is 5.26 Å². The Balaban J connectivity index is 1.95. The molecule has 1 saturated heterocycles. The lowest BCUT2D eigenvalue weighted by Gasteiger charge is -2.31. The number of hydrogen-bond acceptors (Lipinski definition) is 6. The number of nitrogens with two attached hydrogens (primary N) is 1. The highest BCUT2D eigenvalue weighted by molar-refractivity contribution is 5.79.